The lowest BCUT2D eigenvalue weighted by Crippen LogP contribution is -2.48. The molecule has 1 rings (SSSR count). The third kappa shape index (κ3) is 1.71. The number of ether oxygens (including phenoxy) is 1. The Kier molecular flexibility index (Phi) is 2.49. The molecule has 1 aliphatic heterocycles. The van der Waals surface area contributed by atoms with E-state index in [9.17, 15) is 4.79 Å². The van der Waals surface area contributed by atoms with Crippen LogP contribution < -0.4 is 0 Å². The van der Waals surface area contributed by atoms with Crippen LogP contribution in [0.2, 0.25) is 0 Å². The van der Waals surface area contributed by atoms with E-state index in [-0.39, 0.29) is 18.1 Å². The summed E-state index contributed by atoms with van der Waals surface area (Å²) in [5, 5.41) is 0. The van der Waals surface area contributed by atoms with E-state index in [1.165, 1.54) is 0 Å². The Balaban J connectivity index is 2.54. The second-order valence-electron chi connectivity index (χ2n) is 3.03. The maximum atomic E-state index is 11.2. The van der Waals surface area contributed by atoms with Crippen LogP contribution in [0.25, 0.3) is 0 Å². The predicted octanol–water partition coefficient (Wildman–Crippen LogP) is 0.642. The Labute approximate surface area is 67.3 Å². The minimum Gasteiger partial charge on any atom is -0.364 e. The van der Waals surface area contributed by atoms with Crippen molar-refractivity contribution in [3.63, 3.8) is 0 Å². The SMILES string of the molecule is CC[C@@H]1CN(C)C(=O)[C@H](C)O1. The van der Waals surface area contributed by atoms with Gasteiger partial charge >= 0.3 is 0 Å². The van der Waals surface area contributed by atoms with E-state index in [1.54, 1.807) is 11.8 Å². The Morgan fingerprint density at radius 1 is 1.73 bits per heavy atom. The molecule has 0 radical (unpaired) electrons. The monoisotopic (exact) mass is 157 g/mol. The largest absolute Gasteiger partial charge is 0.364 e. The number of likely N-dealkylation sites (N-methyl/N-ethyl adjacent to an activating group) is 1. The average Bonchev–Trinajstić information content (AvgIpc) is 1.99. The fraction of sp³-hybridized carbons (Fsp3) is 0.875. The van der Waals surface area contributed by atoms with Crippen LogP contribution >= 0.6 is 0 Å². The molecule has 0 aromatic rings. The number of rotatable bonds is 1. The maximum Gasteiger partial charge on any atom is 0.251 e. The number of morpholine rings is 1. The van der Waals surface area contributed by atoms with E-state index in [0.29, 0.717) is 0 Å². The van der Waals surface area contributed by atoms with Crippen LogP contribution in [0.4, 0.5) is 0 Å². The number of nitrogens with zero attached hydrogens (tertiary/aromatic N) is 1. The van der Waals surface area contributed by atoms with E-state index in [2.05, 4.69) is 6.92 Å². The molecule has 1 amide bonds. The van der Waals surface area contributed by atoms with Crippen molar-refractivity contribution in [2.75, 3.05) is 13.6 Å². The van der Waals surface area contributed by atoms with Gasteiger partial charge in [0.1, 0.15) is 6.10 Å². The standard InChI is InChI=1S/C8H15NO2/c1-4-7-5-9(3)8(10)6(2)11-7/h6-7H,4-5H2,1-3H3/t6-,7+/m0/s1. The van der Waals surface area contributed by atoms with E-state index in [1.807, 2.05) is 7.05 Å². The molecule has 11 heavy (non-hydrogen) atoms. The van der Waals surface area contributed by atoms with Crippen molar-refractivity contribution in [3.8, 4) is 0 Å². The van der Waals surface area contributed by atoms with Gasteiger partial charge in [0.05, 0.1) is 6.10 Å². The summed E-state index contributed by atoms with van der Waals surface area (Å²) in [6, 6.07) is 0. The summed E-state index contributed by atoms with van der Waals surface area (Å²) in [6.07, 6.45) is 0.952. The third-order valence-corrected chi connectivity index (χ3v) is 2.05. The minimum absolute atomic E-state index is 0.0923. The van der Waals surface area contributed by atoms with Gasteiger partial charge in [0, 0.05) is 13.6 Å². The summed E-state index contributed by atoms with van der Waals surface area (Å²) in [5.41, 5.74) is 0. The first-order valence-electron chi connectivity index (χ1n) is 4.05. The van der Waals surface area contributed by atoms with Crippen molar-refractivity contribution in [2.24, 2.45) is 0 Å². The lowest BCUT2D eigenvalue weighted by Gasteiger charge is -2.33. The van der Waals surface area contributed by atoms with Gasteiger partial charge in [-0.3, -0.25) is 4.79 Å². The zero-order valence-electron chi connectivity index (χ0n) is 7.33. The fourth-order valence-corrected chi connectivity index (χ4v) is 1.32. The fourth-order valence-electron chi connectivity index (χ4n) is 1.32. The van der Waals surface area contributed by atoms with Crippen LogP contribution in [0.3, 0.4) is 0 Å². The van der Waals surface area contributed by atoms with E-state index in [4.69, 9.17) is 4.74 Å². The third-order valence-electron chi connectivity index (χ3n) is 2.05. The van der Waals surface area contributed by atoms with Crippen LogP contribution in [-0.2, 0) is 9.53 Å². The quantitative estimate of drug-likeness (QED) is 0.559. The molecule has 1 fully saturated rings. The molecule has 0 aromatic carbocycles. The molecule has 0 bridgehead atoms. The molecule has 3 nitrogen and oxygen atoms in total. The summed E-state index contributed by atoms with van der Waals surface area (Å²) >= 11 is 0. The summed E-state index contributed by atoms with van der Waals surface area (Å²) in [7, 11) is 1.82. The number of carbonyl (C=O) groups is 1. The van der Waals surface area contributed by atoms with Crippen molar-refractivity contribution in [2.45, 2.75) is 32.5 Å². The number of amides is 1. The van der Waals surface area contributed by atoms with Crippen molar-refractivity contribution < 1.29 is 9.53 Å². The van der Waals surface area contributed by atoms with Gasteiger partial charge < -0.3 is 9.64 Å². The molecule has 1 saturated heterocycles. The van der Waals surface area contributed by atoms with Gasteiger partial charge in [-0.15, -0.1) is 0 Å². The summed E-state index contributed by atoms with van der Waals surface area (Å²) in [4.78, 5) is 12.9. The number of hydrogen-bond donors (Lipinski definition) is 0. The van der Waals surface area contributed by atoms with Gasteiger partial charge in [0.25, 0.3) is 5.91 Å². The molecule has 3 heteroatoms. The molecular formula is C8H15NO2. The van der Waals surface area contributed by atoms with Crippen molar-refractivity contribution in [1.29, 1.82) is 0 Å². The lowest BCUT2D eigenvalue weighted by atomic mass is 10.2. The zero-order chi connectivity index (χ0) is 8.43. The first kappa shape index (κ1) is 8.53. The summed E-state index contributed by atoms with van der Waals surface area (Å²) in [5.74, 6) is 0.0923. The molecule has 0 aromatic heterocycles. The molecule has 0 N–H and O–H groups in total. The number of hydrogen-bond acceptors (Lipinski definition) is 2. The molecule has 0 aliphatic carbocycles. The summed E-state index contributed by atoms with van der Waals surface area (Å²) in [6.45, 7) is 4.61. The van der Waals surface area contributed by atoms with Crippen LogP contribution in [0.15, 0.2) is 0 Å². The van der Waals surface area contributed by atoms with Crippen molar-refractivity contribution in [1.82, 2.24) is 4.90 Å². The molecule has 64 valence electrons. The number of carbonyl (C=O) groups excluding carboxylic acids is 1. The molecule has 0 unspecified atom stereocenters. The Morgan fingerprint density at radius 2 is 2.36 bits per heavy atom. The smallest absolute Gasteiger partial charge is 0.251 e. The summed E-state index contributed by atoms with van der Waals surface area (Å²) < 4.78 is 5.43. The van der Waals surface area contributed by atoms with Gasteiger partial charge in [-0.25, -0.2) is 0 Å². The average molecular weight is 157 g/mol. The Bertz CT molecular complexity index is 144. The van der Waals surface area contributed by atoms with Crippen LogP contribution in [0, 0.1) is 0 Å². The predicted molar refractivity (Wildman–Crippen MR) is 42.3 cm³/mol. The highest BCUT2D eigenvalue weighted by molar-refractivity contribution is 5.80. The van der Waals surface area contributed by atoms with E-state index >= 15 is 0 Å². The van der Waals surface area contributed by atoms with Crippen LogP contribution in [0.1, 0.15) is 20.3 Å². The highest BCUT2D eigenvalue weighted by Gasteiger charge is 2.28. The second-order valence-corrected chi connectivity index (χ2v) is 3.03. The van der Waals surface area contributed by atoms with Crippen molar-refractivity contribution in [3.05, 3.63) is 0 Å². The first-order valence-corrected chi connectivity index (χ1v) is 4.05. The van der Waals surface area contributed by atoms with Gasteiger partial charge in [-0.1, -0.05) is 6.92 Å². The zero-order valence-corrected chi connectivity index (χ0v) is 7.33. The van der Waals surface area contributed by atoms with Crippen LogP contribution in [-0.4, -0.2) is 36.6 Å². The van der Waals surface area contributed by atoms with Gasteiger partial charge in [0.2, 0.25) is 0 Å². The Morgan fingerprint density at radius 3 is 2.82 bits per heavy atom. The molecule has 1 aliphatic rings. The topological polar surface area (TPSA) is 29.5 Å². The maximum absolute atomic E-state index is 11.2. The minimum atomic E-state index is -0.251. The molecule has 0 spiro atoms. The van der Waals surface area contributed by atoms with E-state index < -0.39 is 0 Å². The van der Waals surface area contributed by atoms with E-state index in [0.717, 1.165) is 13.0 Å². The first-order chi connectivity index (χ1) is 5.15. The molecule has 0 saturated carbocycles. The normalized spacial score (nSPS) is 32.6. The highest BCUT2D eigenvalue weighted by atomic mass is 16.5. The van der Waals surface area contributed by atoms with Gasteiger partial charge in [-0.2, -0.15) is 0 Å². The van der Waals surface area contributed by atoms with Gasteiger partial charge in [0.15, 0.2) is 0 Å². The van der Waals surface area contributed by atoms with Gasteiger partial charge in [-0.05, 0) is 13.3 Å². The second kappa shape index (κ2) is 3.22. The molecule has 1 heterocycles. The van der Waals surface area contributed by atoms with Crippen LogP contribution in [0.5, 0.6) is 0 Å². The molecule has 2 atom stereocenters. The molecular weight excluding hydrogens is 142 g/mol. The van der Waals surface area contributed by atoms with Crippen molar-refractivity contribution >= 4 is 5.91 Å². The Hall–Kier alpha value is -0.570. The lowest BCUT2D eigenvalue weighted by molar-refractivity contribution is -0.157. The highest BCUT2D eigenvalue weighted by Crippen LogP contribution is 2.12.